The zero-order valence-electron chi connectivity index (χ0n) is 19.8. The van der Waals surface area contributed by atoms with Gasteiger partial charge in [-0.25, -0.2) is 18.4 Å². The molecule has 0 aromatic carbocycles. The minimum absolute atomic E-state index is 0.0707. The van der Waals surface area contributed by atoms with Gasteiger partial charge in [-0.15, -0.1) is 0 Å². The number of aromatic nitrogens is 2. The summed E-state index contributed by atoms with van der Waals surface area (Å²) >= 11 is 0. The van der Waals surface area contributed by atoms with Gasteiger partial charge in [0, 0.05) is 31.4 Å². The SMILES string of the molecule is CC1CCN(c2cccc(S(=O)(=O)c3ccnc(N4CC(C)CC4(C)C)c3C(N)=O)n2)CC1. The third kappa shape index (κ3) is 4.43. The van der Waals surface area contributed by atoms with Crippen molar-refractivity contribution < 1.29 is 13.2 Å². The Labute approximate surface area is 196 Å². The van der Waals surface area contributed by atoms with Crippen LogP contribution in [0.3, 0.4) is 0 Å². The van der Waals surface area contributed by atoms with Gasteiger partial charge in [0.1, 0.15) is 17.2 Å². The number of amides is 1. The van der Waals surface area contributed by atoms with E-state index in [2.05, 4.69) is 42.6 Å². The largest absolute Gasteiger partial charge is 0.365 e. The maximum absolute atomic E-state index is 13.7. The molecule has 9 heteroatoms. The van der Waals surface area contributed by atoms with Crippen molar-refractivity contribution in [3.63, 3.8) is 0 Å². The number of nitrogens with zero attached hydrogens (tertiary/aromatic N) is 4. The standard InChI is InChI=1S/C24H33N5O3S/c1-16-9-12-28(13-10-16)19-6-5-7-20(27-19)33(31,32)18-8-11-26-23(21(18)22(25)30)29-15-17(2)14-24(29,3)4/h5-8,11,16-17H,9-10,12-15H2,1-4H3,(H2,25,30). The first-order valence-corrected chi connectivity index (χ1v) is 13.0. The normalized spacial score (nSPS) is 21.4. The highest BCUT2D eigenvalue weighted by atomic mass is 32.2. The molecule has 2 aromatic rings. The van der Waals surface area contributed by atoms with Crippen molar-refractivity contribution in [3.05, 3.63) is 36.0 Å². The maximum atomic E-state index is 13.7. The summed E-state index contributed by atoms with van der Waals surface area (Å²) in [7, 11) is -4.09. The van der Waals surface area contributed by atoms with E-state index in [1.807, 2.05) is 11.0 Å². The molecule has 1 atom stereocenters. The van der Waals surface area contributed by atoms with Gasteiger partial charge in [0.05, 0.1) is 4.90 Å². The van der Waals surface area contributed by atoms with Gasteiger partial charge in [0.25, 0.3) is 5.91 Å². The molecule has 1 amide bonds. The van der Waals surface area contributed by atoms with Crippen molar-refractivity contribution in [3.8, 4) is 0 Å². The number of hydrogen-bond donors (Lipinski definition) is 1. The Morgan fingerprint density at radius 2 is 1.82 bits per heavy atom. The van der Waals surface area contributed by atoms with Crippen LogP contribution in [-0.4, -0.2) is 49.5 Å². The second-order valence-corrected chi connectivity index (χ2v) is 12.0. The quantitative estimate of drug-likeness (QED) is 0.713. The monoisotopic (exact) mass is 471 g/mol. The number of rotatable bonds is 5. The smallest absolute Gasteiger partial charge is 0.253 e. The molecule has 178 valence electrons. The predicted octanol–water partition coefficient (Wildman–Crippen LogP) is 3.27. The van der Waals surface area contributed by atoms with E-state index in [9.17, 15) is 13.2 Å². The Hall–Kier alpha value is -2.68. The summed E-state index contributed by atoms with van der Waals surface area (Å²) in [6.07, 6.45) is 4.43. The Balaban J connectivity index is 1.78. The number of sulfone groups is 1. The van der Waals surface area contributed by atoms with Gasteiger partial charge >= 0.3 is 0 Å². The maximum Gasteiger partial charge on any atom is 0.253 e. The number of pyridine rings is 2. The van der Waals surface area contributed by atoms with Gasteiger partial charge in [0.2, 0.25) is 9.84 Å². The van der Waals surface area contributed by atoms with E-state index in [0.29, 0.717) is 30.0 Å². The van der Waals surface area contributed by atoms with Gasteiger partial charge in [-0.1, -0.05) is 19.9 Å². The highest BCUT2D eigenvalue weighted by Crippen LogP contribution is 2.39. The molecule has 0 bridgehead atoms. The third-order valence-corrected chi connectivity index (χ3v) is 8.55. The van der Waals surface area contributed by atoms with Crippen LogP contribution in [0.15, 0.2) is 40.4 Å². The second-order valence-electron chi connectivity index (χ2n) is 10.1. The van der Waals surface area contributed by atoms with Crippen LogP contribution in [-0.2, 0) is 9.84 Å². The minimum Gasteiger partial charge on any atom is -0.365 e. The third-order valence-electron chi connectivity index (χ3n) is 6.85. The molecule has 33 heavy (non-hydrogen) atoms. The van der Waals surface area contributed by atoms with Gasteiger partial charge in [-0.2, -0.15) is 0 Å². The van der Waals surface area contributed by atoms with Crippen LogP contribution >= 0.6 is 0 Å². The zero-order valence-corrected chi connectivity index (χ0v) is 20.6. The molecule has 1 unspecified atom stereocenters. The Morgan fingerprint density at radius 1 is 1.12 bits per heavy atom. The minimum atomic E-state index is -4.09. The lowest BCUT2D eigenvalue weighted by molar-refractivity contribution is 0.0997. The lowest BCUT2D eigenvalue weighted by Gasteiger charge is -2.34. The Morgan fingerprint density at radius 3 is 2.42 bits per heavy atom. The van der Waals surface area contributed by atoms with Crippen LogP contribution in [0.2, 0.25) is 0 Å². The lowest BCUT2D eigenvalue weighted by atomic mass is 9.97. The molecule has 0 spiro atoms. The van der Waals surface area contributed by atoms with E-state index in [4.69, 9.17) is 5.73 Å². The number of nitrogens with two attached hydrogens (primary N) is 1. The fourth-order valence-corrected chi connectivity index (χ4v) is 6.53. The number of anilines is 2. The van der Waals surface area contributed by atoms with E-state index in [1.165, 1.54) is 18.3 Å². The summed E-state index contributed by atoms with van der Waals surface area (Å²) < 4.78 is 27.4. The summed E-state index contributed by atoms with van der Waals surface area (Å²) in [5, 5.41) is -0.0904. The van der Waals surface area contributed by atoms with Gasteiger partial charge in [0.15, 0.2) is 5.03 Å². The Bertz CT molecular complexity index is 1160. The van der Waals surface area contributed by atoms with E-state index >= 15 is 0 Å². The van der Waals surface area contributed by atoms with Crippen LogP contribution in [0.5, 0.6) is 0 Å². The first-order chi connectivity index (χ1) is 15.5. The molecule has 4 heterocycles. The van der Waals surface area contributed by atoms with Gasteiger partial charge in [-0.3, -0.25) is 4.79 Å². The number of hydrogen-bond acceptors (Lipinski definition) is 7. The fourth-order valence-electron chi connectivity index (χ4n) is 5.13. The molecule has 2 aliphatic heterocycles. The zero-order chi connectivity index (χ0) is 24.0. The number of piperidine rings is 1. The summed E-state index contributed by atoms with van der Waals surface area (Å²) in [6, 6.07) is 6.35. The first-order valence-electron chi connectivity index (χ1n) is 11.5. The van der Waals surface area contributed by atoms with Crippen molar-refractivity contribution in [2.75, 3.05) is 29.4 Å². The highest BCUT2D eigenvalue weighted by molar-refractivity contribution is 7.91. The van der Waals surface area contributed by atoms with Crippen LogP contribution in [0.4, 0.5) is 11.6 Å². The molecule has 0 radical (unpaired) electrons. The predicted molar refractivity (Wildman–Crippen MR) is 128 cm³/mol. The Kier molecular flexibility index (Phi) is 6.11. The van der Waals surface area contributed by atoms with E-state index in [1.54, 1.807) is 6.07 Å². The average molecular weight is 472 g/mol. The molecule has 2 fully saturated rings. The van der Waals surface area contributed by atoms with Crippen molar-refractivity contribution in [1.82, 2.24) is 9.97 Å². The highest BCUT2D eigenvalue weighted by Gasteiger charge is 2.40. The van der Waals surface area contributed by atoms with Gasteiger partial charge in [-0.05, 0) is 63.1 Å². The summed E-state index contributed by atoms with van der Waals surface area (Å²) in [5.41, 5.74) is 5.40. The van der Waals surface area contributed by atoms with Crippen molar-refractivity contribution in [1.29, 1.82) is 0 Å². The van der Waals surface area contributed by atoms with E-state index < -0.39 is 15.7 Å². The number of carbonyl (C=O) groups excluding carboxylic acids is 1. The summed E-state index contributed by atoms with van der Waals surface area (Å²) in [4.78, 5) is 25.4. The molecule has 2 N–H and O–H groups in total. The van der Waals surface area contributed by atoms with E-state index in [-0.39, 0.29) is 21.0 Å². The van der Waals surface area contributed by atoms with Crippen molar-refractivity contribution in [2.24, 2.45) is 17.6 Å². The van der Waals surface area contributed by atoms with Crippen molar-refractivity contribution >= 4 is 27.4 Å². The second kappa shape index (κ2) is 8.59. The number of primary amides is 1. The topological polar surface area (TPSA) is 109 Å². The molecule has 0 saturated carbocycles. The van der Waals surface area contributed by atoms with Crippen LogP contribution in [0.1, 0.15) is 57.3 Å². The van der Waals surface area contributed by atoms with Crippen LogP contribution in [0.25, 0.3) is 0 Å². The molecule has 2 aliphatic rings. The molecule has 0 aliphatic carbocycles. The molecule has 2 saturated heterocycles. The fraction of sp³-hybridized carbons (Fsp3) is 0.542. The van der Waals surface area contributed by atoms with Gasteiger partial charge < -0.3 is 15.5 Å². The summed E-state index contributed by atoms with van der Waals surface area (Å²) in [6.45, 7) is 10.8. The number of carbonyl (C=O) groups is 1. The molecular weight excluding hydrogens is 438 g/mol. The molecular formula is C24H33N5O3S. The molecule has 2 aromatic heterocycles. The molecule has 8 nitrogen and oxygen atoms in total. The summed E-state index contributed by atoms with van der Waals surface area (Å²) in [5.74, 6) is 1.17. The van der Waals surface area contributed by atoms with E-state index in [0.717, 1.165) is 32.4 Å². The average Bonchev–Trinajstić information content (AvgIpc) is 3.05. The lowest BCUT2D eigenvalue weighted by Crippen LogP contribution is -2.40. The molecule has 4 rings (SSSR count). The first kappa shape index (κ1) is 23.5. The van der Waals surface area contributed by atoms with Crippen LogP contribution < -0.4 is 15.5 Å². The van der Waals surface area contributed by atoms with Crippen LogP contribution in [0, 0.1) is 11.8 Å². The van der Waals surface area contributed by atoms with Crippen molar-refractivity contribution in [2.45, 2.75) is 62.4 Å².